The van der Waals surface area contributed by atoms with Crippen LogP contribution in [0.15, 0.2) is 54.6 Å². The number of epoxide rings is 1. The lowest BCUT2D eigenvalue weighted by Crippen LogP contribution is -2.27. The molecule has 0 radical (unpaired) electrons. The molecule has 2 aromatic carbocycles. The molecule has 1 saturated heterocycles. The molecule has 1 aliphatic heterocycles. The van der Waals surface area contributed by atoms with E-state index in [1.807, 2.05) is 6.07 Å². The summed E-state index contributed by atoms with van der Waals surface area (Å²) in [6.07, 6.45) is 0. The highest BCUT2D eigenvalue weighted by Crippen LogP contribution is 2.52. The van der Waals surface area contributed by atoms with Crippen molar-refractivity contribution in [2.24, 2.45) is 5.41 Å². The number of rotatable bonds is 2. The molecule has 0 amide bonds. The van der Waals surface area contributed by atoms with Crippen LogP contribution in [0.2, 0.25) is 0 Å². The first-order valence-electron chi connectivity index (χ1n) is 6.83. The van der Waals surface area contributed by atoms with Crippen molar-refractivity contribution in [1.29, 1.82) is 0 Å². The Morgan fingerprint density at radius 3 is 1.84 bits per heavy atom. The van der Waals surface area contributed by atoms with E-state index >= 15 is 0 Å². The van der Waals surface area contributed by atoms with Crippen LogP contribution in [0.4, 0.5) is 0 Å². The Morgan fingerprint density at radius 1 is 0.842 bits per heavy atom. The van der Waals surface area contributed by atoms with Crippen LogP contribution in [-0.4, -0.2) is 6.61 Å². The first-order chi connectivity index (χ1) is 9.03. The van der Waals surface area contributed by atoms with E-state index in [4.69, 9.17) is 4.74 Å². The minimum absolute atomic E-state index is 0.0811. The minimum atomic E-state index is -0.0811. The number of hydrogen-bond acceptors (Lipinski definition) is 1. The average molecular weight is 252 g/mol. The zero-order valence-electron chi connectivity index (χ0n) is 11.8. The van der Waals surface area contributed by atoms with Crippen LogP contribution in [0.1, 0.15) is 26.3 Å². The van der Waals surface area contributed by atoms with Crippen LogP contribution in [0.25, 0.3) is 11.1 Å². The Bertz CT molecular complexity index is 557. The molecule has 2 aromatic rings. The number of benzene rings is 2. The van der Waals surface area contributed by atoms with Crippen LogP contribution in [0.3, 0.4) is 0 Å². The maximum absolute atomic E-state index is 5.79. The van der Waals surface area contributed by atoms with Crippen molar-refractivity contribution < 1.29 is 4.74 Å². The molecule has 0 aromatic heterocycles. The molecule has 1 heterocycles. The molecule has 0 bridgehead atoms. The Labute approximate surface area is 115 Å². The van der Waals surface area contributed by atoms with Crippen molar-refractivity contribution >= 4 is 0 Å². The summed E-state index contributed by atoms with van der Waals surface area (Å²) in [5.74, 6) is 0. The lowest BCUT2D eigenvalue weighted by molar-refractivity contribution is 0.155. The van der Waals surface area contributed by atoms with Gasteiger partial charge in [-0.1, -0.05) is 75.4 Å². The van der Waals surface area contributed by atoms with Gasteiger partial charge in [0, 0.05) is 0 Å². The van der Waals surface area contributed by atoms with E-state index in [-0.39, 0.29) is 11.0 Å². The summed E-state index contributed by atoms with van der Waals surface area (Å²) in [6, 6.07) is 19.3. The van der Waals surface area contributed by atoms with Crippen molar-refractivity contribution in [3.63, 3.8) is 0 Å². The van der Waals surface area contributed by atoms with E-state index in [9.17, 15) is 0 Å². The van der Waals surface area contributed by atoms with Gasteiger partial charge in [0.25, 0.3) is 0 Å². The van der Waals surface area contributed by atoms with E-state index in [2.05, 4.69) is 69.3 Å². The van der Waals surface area contributed by atoms with E-state index in [0.29, 0.717) is 0 Å². The van der Waals surface area contributed by atoms with Crippen molar-refractivity contribution in [3.05, 3.63) is 60.2 Å². The van der Waals surface area contributed by atoms with Gasteiger partial charge in [0.05, 0.1) is 6.61 Å². The number of ether oxygens (including phenoxy) is 1. The Kier molecular flexibility index (Phi) is 2.75. The zero-order chi connectivity index (χ0) is 13.5. The van der Waals surface area contributed by atoms with Gasteiger partial charge in [-0.25, -0.2) is 0 Å². The van der Waals surface area contributed by atoms with Gasteiger partial charge in [-0.15, -0.1) is 0 Å². The monoisotopic (exact) mass is 252 g/mol. The highest BCUT2D eigenvalue weighted by Gasteiger charge is 2.55. The average Bonchev–Trinajstić information content (AvgIpc) is 3.21. The molecule has 0 N–H and O–H groups in total. The maximum atomic E-state index is 5.79. The fourth-order valence-electron chi connectivity index (χ4n) is 2.67. The molecule has 19 heavy (non-hydrogen) atoms. The standard InChI is InChI=1S/C18H20O/c1-17(2,3)18(13-19-18)16-11-9-15(10-12-16)14-7-5-4-6-8-14/h4-12H,13H2,1-3H3. The van der Waals surface area contributed by atoms with Gasteiger partial charge in [-0.2, -0.15) is 0 Å². The summed E-state index contributed by atoms with van der Waals surface area (Å²) >= 11 is 0. The maximum Gasteiger partial charge on any atom is 0.121 e. The molecule has 1 fully saturated rings. The van der Waals surface area contributed by atoms with E-state index in [1.54, 1.807) is 0 Å². The molecule has 1 unspecified atom stereocenters. The second kappa shape index (κ2) is 4.21. The third-order valence-corrected chi connectivity index (χ3v) is 4.10. The van der Waals surface area contributed by atoms with Gasteiger partial charge in [-0.3, -0.25) is 0 Å². The Balaban J connectivity index is 1.93. The third-order valence-electron chi connectivity index (χ3n) is 4.10. The van der Waals surface area contributed by atoms with Crippen molar-refractivity contribution in [1.82, 2.24) is 0 Å². The van der Waals surface area contributed by atoms with Crippen molar-refractivity contribution in [2.75, 3.05) is 6.61 Å². The van der Waals surface area contributed by atoms with E-state index in [0.717, 1.165) is 6.61 Å². The van der Waals surface area contributed by atoms with Crippen LogP contribution in [0.5, 0.6) is 0 Å². The SMILES string of the molecule is CC(C)(C)C1(c2ccc(-c3ccccc3)cc2)CO1. The molecular formula is C18H20O. The summed E-state index contributed by atoms with van der Waals surface area (Å²) in [6.45, 7) is 7.56. The first-order valence-corrected chi connectivity index (χ1v) is 6.83. The van der Waals surface area contributed by atoms with Gasteiger partial charge in [0.15, 0.2) is 0 Å². The summed E-state index contributed by atoms with van der Waals surface area (Å²) in [5, 5.41) is 0. The van der Waals surface area contributed by atoms with Gasteiger partial charge < -0.3 is 4.74 Å². The summed E-state index contributed by atoms with van der Waals surface area (Å²) < 4.78 is 5.79. The molecule has 0 aliphatic carbocycles. The largest absolute Gasteiger partial charge is 0.364 e. The van der Waals surface area contributed by atoms with Gasteiger partial charge in [-0.05, 0) is 22.1 Å². The quantitative estimate of drug-likeness (QED) is 0.710. The Hall–Kier alpha value is -1.60. The second-order valence-corrected chi connectivity index (χ2v) is 6.31. The summed E-state index contributed by atoms with van der Waals surface area (Å²) in [4.78, 5) is 0. The third kappa shape index (κ3) is 2.08. The topological polar surface area (TPSA) is 12.5 Å². The van der Waals surface area contributed by atoms with Crippen LogP contribution >= 0.6 is 0 Å². The molecule has 1 atom stereocenters. The molecule has 0 spiro atoms. The predicted octanol–water partition coefficient (Wildman–Crippen LogP) is 4.63. The van der Waals surface area contributed by atoms with Crippen molar-refractivity contribution in [2.45, 2.75) is 26.4 Å². The second-order valence-electron chi connectivity index (χ2n) is 6.31. The minimum Gasteiger partial charge on any atom is -0.364 e. The first kappa shape index (κ1) is 12.4. The smallest absolute Gasteiger partial charge is 0.121 e. The molecule has 1 heteroatoms. The van der Waals surface area contributed by atoms with Gasteiger partial charge in [0.1, 0.15) is 5.60 Å². The lowest BCUT2D eigenvalue weighted by Gasteiger charge is -2.28. The van der Waals surface area contributed by atoms with Crippen LogP contribution < -0.4 is 0 Å². The molecule has 3 rings (SSSR count). The van der Waals surface area contributed by atoms with E-state index < -0.39 is 0 Å². The Morgan fingerprint density at radius 2 is 1.37 bits per heavy atom. The molecule has 0 saturated carbocycles. The van der Waals surface area contributed by atoms with Gasteiger partial charge in [0.2, 0.25) is 0 Å². The molecular weight excluding hydrogens is 232 g/mol. The fourth-order valence-corrected chi connectivity index (χ4v) is 2.67. The van der Waals surface area contributed by atoms with Gasteiger partial charge >= 0.3 is 0 Å². The van der Waals surface area contributed by atoms with Crippen molar-refractivity contribution in [3.8, 4) is 11.1 Å². The summed E-state index contributed by atoms with van der Waals surface area (Å²) in [7, 11) is 0. The zero-order valence-corrected chi connectivity index (χ0v) is 11.8. The molecule has 1 aliphatic rings. The summed E-state index contributed by atoms with van der Waals surface area (Å²) in [5.41, 5.74) is 3.87. The normalized spacial score (nSPS) is 22.3. The lowest BCUT2D eigenvalue weighted by atomic mass is 9.76. The molecule has 1 nitrogen and oxygen atoms in total. The fraction of sp³-hybridized carbons (Fsp3) is 0.333. The highest BCUT2D eigenvalue weighted by molar-refractivity contribution is 5.63. The number of hydrogen-bond donors (Lipinski definition) is 0. The predicted molar refractivity (Wildman–Crippen MR) is 79.0 cm³/mol. The van der Waals surface area contributed by atoms with Crippen LogP contribution in [0, 0.1) is 5.41 Å². The van der Waals surface area contributed by atoms with E-state index in [1.165, 1.54) is 16.7 Å². The molecule has 98 valence electrons. The highest BCUT2D eigenvalue weighted by atomic mass is 16.6. The van der Waals surface area contributed by atoms with Crippen LogP contribution in [-0.2, 0) is 10.3 Å².